The van der Waals surface area contributed by atoms with Crippen molar-refractivity contribution in [3.8, 4) is 5.75 Å². The molecule has 0 N–H and O–H groups in total. The van der Waals surface area contributed by atoms with Crippen LogP contribution in [0.25, 0.3) is 0 Å². The summed E-state index contributed by atoms with van der Waals surface area (Å²) < 4.78 is 32.6. The number of carbonyl (C=O) groups excluding carboxylic acids is 2. The maximum Gasteiger partial charge on any atom is 0.347 e. The van der Waals surface area contributed by atoms with Crippen molar-refractivity contribution in [3.63, 3.8) is 0 Å². The fraction of sp³-hybridized carbons (Fsp3) is 0.707. The molecule has 1 aromatic carbocycles. The Morgan fingerprint density at radius 3 is 2.20 bits per heavy atom. The van der Waals surface area contributed by atoms with Crippen LogP contribution in [0.1, 0.15) is 92.2 Å². The van der Waals surface area contributed by atoms with Gasteiger partial charge in [-0.2, -0.15) is 0 Å². The molecule has 280 valence electrons. The van der Waals surface area contributed by atoms with Gasteiger partial charge in [-0.1, -0.05) is 84.9 Å². The minimum Gasteiger partial charge on any atom is -0.478 e. The summed E-state index contributed by atoms with van der Waals surface area (Å²) in [4.78, 5) is 27.5. The number of fused-ring (bicyclic) bond motifs is 1. The number of para-hydroxylation sites is 1. The molecule has 1 aromatic rings. The summed E-state index contributed by atoms with van der Waals surface area (Å²) in [7, 11) is -3.07. The number of ether oxygens (including phenoxy) is 3. The normalized spacial score (nSPS) is 30.8. The van der Waals surface area contributed by atoms with E-state index in [1.54, 1.807) is 6.92 Å². The second-order valence-electron chi connectivity index (χ2n) is 18.0. The smallest absolute Gasteiger partial charge is 0.347 e. The molecule has 9 heteroatoms. The second-order valence-corrected chi connectivity index (χ2v) is 22.7. The van der Waals surface area contributed by atoms with Crippen molar-refractivity contribution < 1.29 is 32.7 Å². The zero-order chi connectivity index (χ0) is 37.3. The summed E-state index contributed by atoms with van der Waals surface area (Å²) in [6.07, 6.45) is 7.81. The summed E-state index contributed by atoms with van der Waals surface area (Å²) in [5.41, 5.74) is 2.40. The van der Waals surface area contributed by atoms with Gasteiger partial charge in [0.25, 0.3) is 0 Å². The number of esters is 2. The van der Waals surface area contributed by atoms with Gasteiger partial charge in [0.05, 0.1) is 5.60 Å². The van der Waals surface area contributed by atoms with Crippen LogP contribution in [0.2, 0.25) is 26.2 Å². The third kappa shape index (κ3) is 9.23. The fourth-order valence-electron chi connectivity index (χ4n) is 8.36. The van der Waals surface area contributed by atoms with Crippen LogP contribution in [0.3, 0.4) is 0 Å². The average Bonchev–Trinajstić information content (AvgIpc) is 2.99. The average molecular weight is 727 g/mol. The summed E-state index contributed by atoms with van der Waals surface area (Å²) in [5, 5.41) is 0. The van der Waals surface area contributed by atoms with Crippen molar-refractivity contribution >= 4 is 30.0 Å². The summed E-state index contributed by atoms with van der Waals surface area (Å²) in [6, 6.07) is 5.99. The molecule has 1 saturated heterocycles. The number of aryl methyl sites for hydroxylation is 2. The lowest BCUT2D eigenvalue weighted by atomic mass is 9.59. The number of benzene rings is 1. The van der Waals surface area contributed by atoms with Gasteiger partial charge in [0.2, 0.25) is 0 Å². The molecule has 0 bridgehead atoms. The van der Waals surface area contributed by atoms with Crippen LogP contribution in [-0.4, -0.2) is 60.0 Å². The Morgan fingerprint density at radius 2 is 1.64 bits per heavy atom. The van der Waals surface area contributed by atoms with Gasteiger partial charge in [0.15, 0.2) is 24.2 Å². The van der Waals surface area contributed by atoms with Gasteiger partial charge in [-0.05, 0) is 106 Å². The van der Waals surface area contributed by atoms with E-state index in [1.165, 1.54) is 5.57 Å². The number of rotatable bonds is 11. The molecule has 9 atom stereocenters. The minimum absolute atomic E-state index is 0.0219. The minimum atomic E-state index is -1.61. The lowest BCUT2D eigenvalue weighted by Crippen LogP contribution is -2.58. The highest BCUT2D eigenvalue weighted by Crippen LogP contribution is 2.53. The molecule has 3 aliphatic rings. The first-order valence-corrected chi connectivity index (χ1v) is 24.6. The fourth-order valence-corrected chi connectivity index (χ4v) is 10.6. The van der Waals surface area contributed by atoms with Crippen molar-refractivity contribution in [3.05, 3.63) is 53.1 Å². The standard InChI is InChI=1S/C41H66O7Si2/c1-25-16-15-17-26(2)35(25)44-28(4)37(42)46-33-23-30(39(5,6)7)22-29-19-18-27(3)41(34(29)33,48-50(13)14)21-20-31-24-32(40(8,9)10)36(38(43)45-31)47-49(11)12/h15-19,22,27-28,30-34,36,49-50H,20-21,23-24H2,1-14H3/t27-,28?,30+,31+,32-,33-,34+,36?,41-/m0/s1. The molecule has 1 aliphatic heterocycles. The van der Waals surface area contributed by atoms with E-state index in [1.807, 2.05) is 32.0 Å². The molecule has 0 amide bonds. The highest BCUT2D eigenvalue weighted by molar-refractivity contribution is 6.49. The predicted molar refractivity (Wildman–Crippen MR) is 206 cm³/mol. The molecular weight excluding hydrogens is 661 g/mol. The third-order valence-corrected chi connectivity index (χ3v) is 12.9. The molecule has 0 saturated carbocycles. The largest absolute Gasteiger partial charge is 0.478 e. The molecule has 50 heavy (non-hydrogen) atoms. The lowest BCUT2D eigenvalue weighted by molar-refractivity contribution is -0.180. The van der Waals surface area contributed by atoms with Crippen LogP contribution in [0.5, 0.6) is 5.75 Å². The Balaban J connectivity index is 1.68. The molecule has 4 rings (SSSR count). The van der Waals surface area contributed by atoms with Crippen molar-refractivity contribution in [1.29, 1.82) is 0 Å². The molecule has 0 spiro atoms. The Hall–Kier alpha value is -2.21. The van der Waals surface area contributed by atoms with Crippen molar-refractivity contribution in [2.45, 2.75) is 151 Å². The van der Waals surface area contributed by atoms with Crippen LogP contribution < -0.4 is 4.74 Å². The zero-order valence-electron chi connectivity index (χ0n) is 33.4. The molecule has 0 aromatic heterocycles. The van der Waals surface area contributed by atoms with E-state index in [9.17, 15) is 9.59 Å². The van der Waals surface area contributed by atoms with E-state index >= 15 is 0 Å². The van der Waals surface area contributed by atoms with E-state index in [0.717, 1.165) is 23.3 Å². The quantitative estimate of drug-likeness (QED) is 0.167. The summed E-state index contributed by atoms with van der Waals surface area (Å²) >= 11 is 0. The zero-order valence-corrected chi connectivity index (χ0v) is 35.7. The second kappa shape index (κ2) is 15.8. The van der Waals surface area contributed by atoms with Gasteiger partial charge in [-0.25, -0.2) is 9.59 Å². The number of cyclic esters (lactones) is 1. The van der Waals surface area contributed by atoms with Crippen LogP contribution in [0.15, 0.2) is 42.0 Å². The van der Waals surface area contributed by atoms with E-state index in [0.29, 0.717) is 19.3 Å². The molecule has 1 heterocycles. The summed E-state index contributed by atoms with van der Waals surface area (Å²) in [5.74, 6) is 0.311. The van der Waals surface area contributed by atoms with Gasteiger partial charge in [-0.15, -0.1) is 0 Å². The molecule has 1 fully saturated rings. The first-order chi connectivity index (χ1) is 23.1. The highest BCUT2D eigenvalue weighted by Gasteiger charge is 2.55. The van der Waals surface area contributed by atoms with Gasteiger partial charge in [0.1, 0.15) is 24.1 Å². The van der Waals surface area contributed by atoms with E-state index in [-0.39, 0.29) is 52.5 Å². The van der Waals surface area contributed by atoms with Gasteiger partial charge in [-0.3, -0.25) is 0 Å². The maximum absolute atomic E-state index is 14.0. The van der Waals surface area contributed by atoms with Gasteiger partial charge < -0.3 is 23.1 Å². The molecule has 0 radical (unpaired) electrons. The van der Waals surface area contributed by atoms with E-state index in [4.69, 9.17) is 23.1 Å². The lowest BCUT2D eigenvalue weighted by Gasteiger charge is -2.54. The van der Waals surface area contributed by atoms with E-state index < -0.39 is 42.0 Å². The van der Waals surface area contributed by atoms with E-state index in [2.05, 4.69) is 92.9 Å². The highest BCUT2D eigenvalue weighted by atomic mass is 28.3. The number of carbonyl (C=O) groups is 2. The van der Waals surface area contributed by atoms with Crippen LogP contribution in [0.4, 0.5) is 0 Å². The first-order valence-electron chi connectivity index (χ1n) is 19.0. The predicted octanol–water partition coefficient (Wildman–Crippen LogP) is 8.66. The Kier molecular flexibility index (Phi) is 12.8. The van der Waals surface area contributed by atoms with Crippen LogP contribution in [0, 0.1) is 48.3 Å². The molecule has 7 nitrogen and oxygen atoms in total. The third-order valence-electron chi connectivity index (χ3n) is 11.1. The number of allylic oxidation sites excluding steroid dienone is 2. The molecular formula is C41H66O7Si2. The first kappa shape index (κ1) is 40.6. The maximum atomic E-state index is 14.0. The van der Waals surface area contributed by atoms with Crippen molar-refractivity contribution in [2.24, 2.45) is 34.5 Å². The Morgan fingerprint density at radius 1 is 1.00 bits per heavy atom. The van der Waals surface area contributed by atoms with Crippen molar-refractivity contribution in [2.75, 3.05) is 0 Å². The van der Waals surface area contributed by atoms with Crippen molar-refractivity contribution in [1.82, 2.24) is 0 Å². The molecule has 2 unspecified atom stereocenters. The van der Waals surface area contributed by atoms with Crippen LogP contribution >= 0.6 is 0 Å². The van der Waals surface area contributed by atoms with Gasteiger partial charge in [0, 0.05) is 17.8 Å². The number of hydrogen-bond donors (Lipinski definition) is 0. The monoisotopic (exact) mass is 726 g/mol. The topological polar surface area (TPSA) is 80.3 Å². The number of hydrogen-bond acceptors (Lipinski definition) is 7. The Bertz CT molecular complexity index is 1400. The van der Waals surface area contributed by atoms with Gasteiger partial charge >= 0.3 is 11.9 Å². The Labute approximate surface area is 306 Å². The summed E-state index contributed by atoms with van der Waals surface area (Å²) in [6.45, 7) is 30.0. The molecule has 2 aliphatic carbocycles. The SMILES string of the molecule is Cc1cccc(C)c1OC(C)C(=O)O[C@H]1C[C@H](C(C)(C)C)C=C2C=C[C@H](C)[C@](CC[C@@H]3C[C@H](C(C)(C)C)C(O[SiH](C)C)C(=O)O3)(O[SiH](C)C)[C@H]21. The van der Waals surface area contributed by atoms with Crippen LogP contribution in [-0.2, 0) is 27.9 Å².